The predicted molar refractivity (Wildman–Crippen MR) is 80.5 cm³/mol. The highest BCUT2D eigenvalue weighted by Crippen LogP contribution is 2.23. The Bertz CT molecular complexity index is 353. The van der Waals surface area contributed by atoms with Crippen molar-refractivity contribution < 1.29 is 4.74 Å². The van der Waals surface area contributed by atoms with Gasteiger partial charge in [-0.15, -0.1) is 11.8 Å². The highest BCUT2D eigenvalue weighted by molar-refractivity contribution is 7.99. The summed E-state index contributed by atoms with van der Waals surface area (Å²) in [7, 11) is 1.74. The molecule has 0 bridgehead atoms. The van der Waals surface area contributed by atoms with Crippen LogP contribution in [0.3, 0.4) is 0 Å². The van der Waals surface area contributed by atoms with Crippen molar-refractivity contribution in [2.75, 3.05) is 12.9 Å². The fraction of sp³-hybridized carbons (Fsp3) is 0.571. The molecule has 1 rings (SSSR count). The number of methoxy groups -OCH3 is 1. The molecule has 18 heavy (non-hydrogen) atoms. The minimum atomic E-state index is -0.0808. The van der Waals surface area contributed by atoms with Crippen LogP contribution in [0.15, 0.2) is 29.2 Å². The number of hydrogen-bond acceptors (Lipinski definition) is 3. The number of benzene rings is 1. The molecule has 1 aromatic rings. The molecule has 0 aromatic heterocycles. The maximum atomic E-state index is 6.11. The molecular formula is C14H22ClNOS. The van der Waals surface area contributed by atoms with Crippen LogP contribution in [0.1, 0.15) is 26.7 Å². The lowest BCUT2D eigenvalue weighted by Crippen LogP contribution is -2.29. The smallest absolute Gasteiger partial charge is 0.0623 e. The van der Waals surface area contributed by atoms with E-state index in [9.17, 15) is 0 Å². The van der Waals surface area contributed by atoms with Gasteiger partial charge in [-0.2, -0.15) is 0 Å². The maximum Gasteiger partial charge on any atom is 0.0623 e. The van der Waals surface area contributed by atoms with Crippen LogP contribution in [0.5, 0.6) is 0 Å². The van der Waals surface area contributed by atoms with Crippen molar-refractivity contribution in [2.45, 2.75) is 43.2 Å². The van der Waals surface area contributed by atoms with Gasteiger partial charge < -0.3 is 10.5 Å². The Labute approximate surface area is 119 Å². The first-order valence-electron chi connectivity index (χ1n) is 6.12. The second-order valence-corrected chi connectivity index (χ2v) is 6.56. The molecule has 2 N–H and O–H groups in total. The van der Waals surface area contributed by atoms with Crippen molar-refractivity contribution >= 4 is 23.4 Å². The zero-order valence-electron chi connectivity index (χ0n) is 11.3. The first-order valence-corrected chi connectivity index (χ1v) is 7.48. The second-order valence-electron chi connectivity index (χ2n) is 5.03. The van der Waals surface area contributed by atoms with Crippen LogP contribution in [0.4, 0.5) is 0 Å². The van der Waals surface area contributed by atoms with Crippen LogP contribution < -0.4 is 5.73 Å². The zero-order chi connectivity index (χ0) is 13.6. The van der Waals surface area contributed by atoms with E-state index in [1.807, 2.05) is 24.3 Å². The molecule has 0 fully saturated rings. The summed E-state index contributed by atoms with van der Waals surface area (Å²) in [5.41, 5.74) is 6.03. The van der Waals surface area contributed by atoms with Gasteiger partial charge in [0.1, 0.15) is 0 Å². The summed E-state index contributed by atoms with van der Waals surface area (Å²) in [6.07, 6.45) is 1.95. The summed E-state index contributed by atoms with van der Waals surface area (Å²) in [6.45, 7) is 4.18. The Kier molecular flexibility index (Phi) is 6.50. The van der Waals surface area contributed by atoms with Crippen molar-refractivity contribution in [1.82, 2.24) is 0 Å². The predicted octanol–water partition coefficient (Wildman–Crippen LogP) is 3.96. The second kappa shape index (κ2) is 7.39. The van der Waals surface area contributed by atoms with E-state index in [-0.39, 0.29) is 11.6 Å². The molecule has 102 valence electrons. The largest absolute Gasteiger partial charge is 0.379 e. The summed E-state index contributed by atoms with van der Waals surface area (Å²) in [5, 5.41) is 0.769. The third-order valence-corrected chi connectivity index (χ3v) is 4.40. The van der Waals surface area contributed by atoms with E-state index in [0.717, 1.165) is 23.6 Å². The zero-order valence-corrected chi connectivity index (χ0v) is 12.9. The van der Waals surface area contributed by atoms with Gasteiger partial charge in [-0.1, -0.05) is 11.6 Å². The van der Waals surface area contributed by atoms with Crippen LogP contribution >= 0.6 is 23.4 Å². The summed E-state index contributed by atoms with van der Waals surface area (Å²) in [4.78, 5) is 1.21. The van der Waals surface area contributed by atoms with E-state index in [1.165, 1.54) is 4.90 Å². The molecule has 0 saturated heterocycles. The third-order valence-electron chi connectivity index (χ3n) is 2.95. The lowest BCUT2D eigenvalue weighted by Gasteiger charge is -2.24. The summed E-state index contributed by atoms with van der Waals surface area (Å²) >= 11 is 7.61. The van der Waals surface area contributed by atoms with Crippen molar-refractivity contribution in [3.05, 3.63) is 29.3 Å². The van der Waals surface area contributed by atoms with Gasteiger partial charge in [0.15, 0.2) is 0 Å². The molecule has 0 spiro atoms. The lowest BCUT2D eigenvalue weighted by atomic mass is 10.00. The quantitative estimate of drug-likeness (QED) is 0.771. The van der Waals surface area contributed by atoms with Gasteiger partial charge in [0.25, 0.3) is 0 Å². The molecule has 0 aliphatic rings. The van der Waals surface area contributed by atoms with Gasteiger partial charge in [-0.05, 0) is 51.0 Å². The molecule has 1 unspecified atom stereocenters. The highest BCUT2D eigenvalue weighted by Gasteiger charge is 2.17. The van der Waals surface area contributed by atoms with Gasteiger partial charge in [0.2, 0.25) is 0 Å². The van der Waals surface area contributed by atoms with E-state index in [4.69, 9.17) is 22.1 Å². The van der Waals surface area contributed by atoms with Crippen LogP contribution in [0, 0.1) is 0 Å². The number of rotatable bonds is 7. The summed E-state index contributed by atoms with van der Waals surface area (Å²) < 4.78 is 5.39. The molecular weight excluding hydrogens is 266 g/mol. The molecule has 0 heterocycles. The minimum Gasteiger partial charge on any atom is -0.379 e. The van der Waals surface area contributed by atoms with E-state index >= 15 is 0 Å². The van der Waals surface area contributed by atoms with E-state index in [0.29, 0.717) is 0 Å². The first-order chi connectivity index (χ1) is 8.43. The Morgan fingerprint density at radius 2 is 1.94 bits per heavy atom. The average molecular weight is 288 g/mol. The molecule has 0 saturated carbocycles. The van der Waals surface area contributed by atoms with Crippen molar-refractivity contribution in [3.63, 3.8) is 0 Å². The third kappa shape index (κ3) is 6.10. The topological polar surface area (TPSA) is 35.2 Å². The fourth-order valence-electron chi connectivity index (χ4n) is 1.45. The molecule has 0 amide bonds. The molecule has 4 heteroatoms. The van der Waals surface area contributed by atoms with Crippen LogP contribution in [0.2, 0.25) is 5.02 Å². The van der Waals surface area contributed by atoms with Crippen LogP contribution in [-0.4, -0.2) is 24.5 Å². The number of ether oxygens (including phenoxy) is 1. The van der Waals surface area contributed by atoms with Crippen molar-refractivity contribution in [2.24, 2.45) is 5.73 Å². The Hall–Kier alpha value is -0.220. The molecule has 2 nitrogen and oxygen atoms in total. The van der Waals surface area contributed by atoms with E-state index in [1.54, 1.807) is 18.9 Å². The van der Waals surface area contributed by atoms with Gasteiger partial charge in [0.05, 0.1) is 5.60 Å². The molecule has 1 atom stereocenters. The average Bonchev–Trinajstić information content (AvgIpc) is 2.36. The monoisotopic (exact) mass is 287 g/mol. The van der Waals surface area contributed by atoms with Gasteiger partial charge in [0, 0.05) is 28.8 Å². The normalized spacial score (nSPS) is 13.6. The van der Waals surface area contributed by atoms with Crippen LogP contribution in [0.25, 0.3) is 0 Å². The maximum absolute atomic E-state index is 6.11. The highest BCUT2D eigenvalue weighted by atomic mass is 35.5. The molecule has 0 radical (unpaired) electrons. The van der Waals surface area contributed by atoms with Crippen molar-refractivity contribution in [1.29, 1.82) is 0 Å². The summed E-state index contributed by atoms with van der Waals surface area (Å²) in [6, 6.07) is 8.06. The summed E-state index contributed by atoms with van der Waals surface area (Å²) in [5.74, 6) is 0.918. The Morgan fingerprint density at radius 1 is 1.33 bits per heavy atom. The lowest BCUT2D eigenvalue weighted by molar-refractivity contribution is 0.0129. The first kappa shape index (κ1) is 15.8. The number of halogens is 1. The van der Waals surface area contributed by atoms with E-state index in [2.05, 4.69) is 13.8 Å². The standard InChI is InChI=1S/C14H22ClNOS/c1-14(2,17-3)9-8-12(16)10-18-13-6-4-11(15)5-7-13/h4-7,12H,8-10,16H2,1-3H3. The Morgan fingerprint density at radius 3 is 2.50 bits per heavy atom. The van der Waals surface area contributed by atoms with Gasteiger partial charge in [-0.25, -0.2) is 0 Å². The van der Waals surface area contributed by atoms with E-state index < -0.39 is 0 Å². The number of hydrogen-bond donors (Lipinski definition) is 1. The molecule has 0 aliphatic heterocycles. The number of nitrogens with two attached hydrogens (primary N) is 1. The fourth-order valence-corrected chi connectivity index (χ4v) is 2.48. The molecule has 1 aromatic carbocycles. The number of thioether (sulfide) groups is 1. The SMILES string of the molecule is COC(C)(C)CCC(N)CSc1ccc(Cl)cc1. The Balaban J connectivity index is 2.29. The van der Waals surface area contributed by atoms with Crippen LogP contribution in [-0.2, 0) is 4.74 Å². The van der Waals surface area contributed by atoms with Gasteiger partial charge in [-0.3, -0.25) is 0 Å². The van der Waals surface area contributed by atoms with Gasteiger partial charge >= 0.3 is 0 Å². The van der Waals surface area contributed by atoms with Crippen molar-refractivity contribution in [3.8, 4) is 0 Å². The molecule has 0 aliphatic carbocycles. The minimum absolute atomic E-state index is 0.0808.